The molecule has 0 amide bonds. The van der Waals surface area contributed by atoms with Crippen LogP contribution in [0.1, 0.15) is 29.5 Å². The molecule has 0 fully saturated rings. The van der Waals surface area contributed by atoms with Crippen LogP contribution in [-0.2, 0) is 6.42 Å². The van der Waals surface area contributed by atoms with Crippen molar-refractivity contribution < 1.29 is 0 Å². The van der Waals surface area contributed by atoms with Gasteiger partial charge in [-0.15, -0.1) is 0 Å². The summed E-state index contributed by atoms with van der Waals surface area (Å²) in [6.45, 7) is 6.14. The van der Waals surface area contributed by atoms with Crippen molar-refractivity contribution in [3.05, 3.63) is 68.7 Å². The molecule has 112 valence electrons. The minimum absolute atomic E-state index is 0.419. The van der Waals surface area contributed by atoms with Gasteiger partial charge in [-0.25, -0.2) is 0 Å². The number of likely N-dealkylation sites (N-methyl/N-ethyl adjacent to an activating group) is 1. The van der Waals surface area contributed by atoms with E-state index in [1.54, 1.807) is 0 Å². The first-order chi connectivity index (χ1) is 10.1. The van der Waals surface area contributed by atoms with Gasteiger partial charge in [-0.1, -0.05) is 58.7 Å². The summed E-state index contributed by atoms with van der Waals surface area (Å²) < 4.78 is 1.12. The quantitative estimate of drug-likeness (QED) is 0.727. The first-order valence-electron chi connectivity index (χ1n) is 7.31. The highest BCUT2D eigenvalue weighted by atomic mass is 79.9. The molecule has 0 aliphatic carbocycles. The number of aryl methyl sites for hydroxylation is 1. The molecular formula is C18H21BrClN. The fourth-order valence-electron chi connectivity index (χ4n) is 2.47. The third-order valence-corrected chi connectivity index (χ3v) is 4.48. The Bertz CT molecular complexity index is 598. The first kappa shape index (κ1) is 16.5. The van der Waals surface area contributed by atoms with Crippen molar-refractivity contribution in [2.75, 3.05) is 13.1 Å². The zero-order valence-corrected chi connectivity index (χ0v) is 14.8. The Kier molecular flexibility index (Phi) is 6.28. The molecule has 0 heterocycles. The van der Waals surface area contributed by atoms with Gasteiger partial charge in [-0.2, -0.15) is 0 Å². The van der Waals surface area contributed by atoms with E-state index in [4.69, 9.17) is 11.6 Å². The number of hydrogen-bond donors (Lipinski definition) is 1. The van der Waals surface area contributed by atoms with Crippen molar-refractivity contribution in [3.63, 3.8) is 0 Å². The van der Waals surface area contributed by atoms with Crippen LogP contribution in [0.25, 0.3) is 0 Å². The van der Waals surface area contributed by atoms with E-state index in [9.17, 15) is 0 Å². The van der Waals surface area contributed by atoms with Crippen LogP contribution in [-0.4, -0.2) is 13.1 Å². The maximum atomic E-state index is 6.40. The molecule has 0 aromatic heterocycles. The van der Waals surface area contributed by atoms with Gasteiger partial charge in [0.2, 0.25) is 0 Å². The van der Waals surface area contributed by atoms with Crippen molar-refractivity contribution in [2.45, 2.75) is 26.2 Å². The fourth-order valence-corrected chi connectivity index (χ4v) is 3.20. The summed E-state index contributed by atoms with van der Waals surface area (Å²) in [7, 11) is 0. The van der Waals surface area contributed by atoms with Crippen LogP contribution in [0, 0.1) is 6.92 Å². The summed E-state index contributed by atoms with van der Waals surface area (Å²) in [5.41, 5.74) is 3.75. The third kappa shape index (κ3) is 4.84. The van der Waals surface area contributed by atoms with Gasteiger partial charge < -0.3 is 5.32 Å². The molecule has 1 unspecified atom stereocenters. The lowest BCUT2D eigenvalue weighted by atomic mass is 9.91. The molecule has 0 aliphatic rings. The summed E-state index contributed by atoms with van der Waals surface area (Å²) >= 11 is 9.96. The highest BCUT2D eigenvalue weighted by molar-refractivity contribution is 9.10. The summed E-state index contributed by atoms with van der Waals surface area (Å²) in [6, 6.07) is 14.9. The minimum atomic E-state index is 0.419. The minimum Gasteiger partial charge on any atom is -0.316 e. The van der Waals surface area contributed by atoms with Crippen LogP contribution in [0.15, 0.2) is 46.9 Å². The van der Waals surface area contributed by atoms with Crippen LogP contribution in [0.4, 0.5) is 0 Å². The first-order valence-corrected chi connectivity index (χ1v) is 8.48. The van der Waals surface area contributed by atoms with Gasteiger partial charge in [0.15, 0.2) is 0 Å². The average Bonchev–Trinajstić information content (AvgIpc) is 2.45. The lowest BCUT2D eigenvalue weighted by molar-refractivity contribution is 0.595. The molecule has 0 radical (unpaired) electrons. The lowest BCUT2D eigenvalue weighted by Gasteiger charge is -2.19. The van der Waals surface area contributed by atoms with Crippen LogP contribution in [0.2, 0.25) is 5.02 Å². The molecule has 0 bridgehead atoms. The summed E-state index contributed by atoms with van der Waals surface area (Å²) in [5.74, 6) is 0.419. The van der Waals surface area contributed by atoms with E-state index >= 15 is 0 Å². The summed E-state index contributed by atoms with van der Waals surface area (Å²) in [4.78, 5) is 0. The molecule has 1 N–H and O–H groups in total. The predicted octanol–water partition coefficient (Wildman–Crippen LogP) is 5.35. The summed E-state index contributed by atoms with van der Waals surface area (Å²) in [6.07, 6.45) is 0.947. The van der Waals surface area contributed by atoms with E-state index in [-0.39, 0.29) is 0 Å². The van der Waals surface area contributed by atoms with Crippen LogP contribution in [0.3, 0.4) is 0 Å². The largest absolute Gasteiger partial charge is 0.316 e. The Morgan fingerprint density at radius 2 is 2.00 bits per heavy atom. The van der Waals surface area contributed by atoms with Crippen molar-refractivity contribution in [1.29, 1.82) is 0 Å². The molecule has 0 aliphatic heterocycles. The highest BCUT2D eigenvalue weighted by Crippen LogP contribution is 2.27. The number of nitrogens with one attached hydrogen (secondary N) is 1. The maximum absolute atomic E-state index is 6.40. The predicted molar refractivity (Wildman–Crippen MR) is 95.3 cm³/mol. The Hall–Kier alpha value is -0.830. The topological polar surface area (TPSA) is 12.0 Å². The summed E-state index contributed by atoms with van der Waals surface area (Å²) in [5, 5.41) is 4.33. The molecular weight excluding hydrogens is 346 g/mol. The number of halogens is 2. The highest BCUT2D eigenvalue weighted by Gasteiger charge is 2.14. The third-order valence-electron chi connectivity index (χ3n) is 3.64. The average molecular weight is 367 g/mol. The zero-order valence-electron chi connectivity index (χ0n) is 12.5. The molecule has 21 heavy (non-hydrogen) atoms. The Morgan fingerprint density at radius 1 is 1.19 bits per heavy atom. The molecule has 1 atom stereocenters. The number of hydrogen-bond acceptors (Lipinski definition) is 1. The van der Waals surface area contributed by atoms with Crippen LogP contribution in [0.5, 0.6) is 0 Å². The molecule has 0 spiro atoms. The van der Waals surface area contributed by atoms with E-state index in [1.807, 2.05) is 6.07 Å². The van der Waals surface area contributed by atoms with Crippen LogP contribution >= 0.6 is 27.5 Å². The van der Waals surface area contributed by atoms with Crippen molar-refractivity contribution in [1.82, 2.24) is 5.32 Å². The van der Waals surface area contributed by atoms with Crippen molar-refractivity contribution in [2.24, 2.45) is 0 Å². The van der Waals surface area contributed by atoms with E-state index in [0.29, 0.717) is 5.92 Å². The van der Waals surface area contributed by atoms with Gasteiger partial charge in [-0.3, -0.25) is 0 Å². The Labute approximate surface area is 140 Å². The van der Waals surface area contributed by atoms with Crippen molar-refractivity contribution >= 4 is 27.5 Å². The van der Waals surface area contributed by atoms with Gasteiger partial charge >= 0.3 is 0 Å². The molecule has 2 aromatic rings. The smallest absolute Gasteiger partial charge is 0.0440 e. The normalized spacial score (nSPS) is 12.4. The Morgan fingerprint density at radius 3 is 2.67 bits per heavy atom. The van der Waals surface area contributed by atoms with Gasteiger partial charge in [0, 0.05) is 22.0 Å². The molecule has 0 saturated carbocycles. The van der Waals surface area contributed by atoms with E-state index < -0.39 is 0 Å². The Balaban J connectivity index is 2.23. The molecule has 2 aromatic carbocycles. The van der Waals surface area contributed by atoms with Crippen LogP contribution < -0.4 is 5.32 Å². The second-order valence-electron chi connectivity index (χ2n) is 5.36. The molecule has 2 rings (SSSR count). The van der Waals surface area contributed by atoms with Gasteiger partial charge in [0.05, 0.1) is 0 Å². The number of benzene rings is 2. The SMILES string of the molecule is CCNCC(Cc1ccc(C)cc1Cl)c1cccc(Br)c1. The monoisotopic (exact) mass is 365 g/mol. The molecule has 1 nitrogen and oxygen atoms in total. The number of rotatable bonds is 6. The second-order valence-corrected chi connectivity index (χ2v) is 6.68. The van der Waals surface area contributed by atoms with Crippen molar-refractivity contribution in [3.8, 4) is 0 Å². The maximum Gasteiger partial charge on any atom is 0.0440 e. The molecule has 3 heteroatoms. The zero-order chi connectivity index (χ0) is 15.2. The van der Waals surface area contributed by atoms with Gasteiger partial charge in [-0.05, 0) is 54.8 Å². The van der Waals surface area contributed by atoms with E-state index in [1.165, 1.54) is 16.7 Å². The lowest BCUT2D eigenvalue weighted by Crippen LogP contribution is -2.22. The van der Waals surface area contributed by atoms with Gasteiger partial charge in [0.1, 0.15) is 0 Å². The van der Waals surface area contributed by atoms with Gasteiger partial charge in [0.25, 0.3) is 0 Å². The molecule has 0 saturated heterocycles. The fraction of sp³-hybridized carbons (Fsp3) is 0.333. The van der Waals surface area contributed by atoms with E-state index in [0.717, 1.165) is 29.0 Å². The van der Waals surface area contributed by atoms with E-state index in [2.05, 4.69) is 71.5 Å². The standard InChI is InChI=1S/C18H21BrClN/c1-3-21-12-16(14-5-4-6-17(19)11-14)10-15-8-7-13(2)9-18(15)20/h4-9,11,16,21H,3,10,12H2,1-2H3. The second kappa shape index (κ2) is 7.98.